The van der Waals surface area contributed by atoms with Gasteiger partial charge >= 0.3 is 5.97 Å². The van der Waals surface area contributed by atoms with Crippen molar-refractivity contribution in [3.05, 3.63) is 65.4 Å². The number of rotatable bonds is 5. The van der Waals surface area contributed by atoms with Crippen LogP contribution >= 0.6 is 11.8 Å². The molecule has 0 N–H and O–H groups in total. The fourth-order valence-corrected chi connectivity index (χ4v) is 3.51. The van der Waals surface area contributed by atoms with Gasteiger partial charge in [-0.1, -0.05) is 23.9 Å². The van der Waals surface area contributed by atoms with Gasteiger partial charge in [-0.3, -0.25) is 4.57 Å². The number of thioether (sulfide) groups is 1. The van der Waals surface area contributed by atoms with Crippen LogP contribution in [0.1, 0.15) is 39.6 Å². The van der Waals surface area contributed by atoms with Gasteiger partial charge in [0, 0.05) is 12.4 Å². The van der Waals surface area contributed by atoms with E-state index in [2.05, 4.69) is 40.3 Å². The number of hydrogen-bond donors (Lipinski definition) is 0. The molecule has 3 rings (SSSR count). The summed E-state index contributed by atoms with van der Waals surface area (Å²) < 4.78 is 12.4. The highest BCUT2D eigenvalue weighted by Gasteiger charge is 2.19. The van der Waals surface area contributed by atoms with Gasteiger partial charge in [-0.05, 0) is 50.1 Å². The third-order valence-electron chi connectivity index (χ3n) is 4.14. The second kappa shape index (κ2) is 7.19. The number of carbonyl (C=O) groups excluding carboxylic acids is 1. The molecular formula is C19H20N2O3S. The van der Waals surface area contributed by atoms with Crippen LogP contribution in [0.5, 0.6) is 0 Å². The SMILES string of the molecule is COC(=O)c1ccc(C(C)Sc2nccn2-c2cccc(C)c2C)o1. The lowest BCUT2D eigenvalue weighted by molar-refractivity contribution is 0.0563. The van der Waals surface area contributed by atoms with E-state index in [1.807, 2.05) is 19.2 Å². The van der Waals surface area contributed by atoms with Gasteiger partial charge in [-0.2, -0.15) is 0 Å². The van der Waals surface area contributed by atoms with Crippen LogP contribution < -0.4 is 0 Å². The van der Waals surface area contributed by atoms with Crippen molar-refractivity contribution in [2.45, 2.75) is 31.2 Å². The molecule has 0 radical (unpaired) electrons. The predicted molar refractivity (Wildman–Crippen MR) is 97.4 cm³/mol. The number of imidazole rings is 1. The van der Waals surface area contributed by atoms with E-state index in [1.165, 1.54) is 18.2 Å². The maximum atomic E-state index is 11.5. The highest BCUT2D eigenvalue weighted by molar-refractivity contribution is 7.99. The third-order valence-corrected chi connectivity index (χ3v) is 5.24. The van der Waals surface area contributed by atoms with Crippen LogP contribution in [0, 0.1) is 13.8 Å². The smallest absolute Gasteiger partial charge is 0.373 e. The minimum atomic E-state index is -0.472. The lowest BCUT2D eigenvalue weighted by Gasteiger charge is -2.14. The number of aryl methyl sites for hydroxylation is 1. The van der Waals surface area contributed by atoms with Gasteiger partial charge in [0.2, 0.25) is 5.76 Å². The van der Waals surface area contributed by atoms with Crippen molar-refractivity contribution in [3.63, 3.8) is 0 Å². The first-order valence-corrected chi connectivity index (χ1v) is 8.84. The third kappa shape index (κ3) is 3.49. The molecular weight excluding hydrogens is 336 g/mol. The number of methoxy groups -OCH3 is 1. The van der Waals surface area contributed by atoms with E-state index in [4.69, 9.17) is 4.42 Å². The number of ether oxygens (including phenoxy) is 1. The maximum absolute atomic E-state index is 11.5. The Bertz CT molecular complexity index is 898. The molecule has 1 aromatic carbocycles. The molecule has 0 aliphatic rings. The summed E-state index contributed by atoms with van der Waals surface area (Å²) >= 11 is 1.58. The highest BCUT2D eigenvalue weighted by atomic mass is 32.2. The first-order valence-electron chi connectivity index (χ1n) is 7.96. The van der Waals surface area contributed by atoms with Gasteiger partial charge in [0.15, 0.2) is 5.16 Å². The van der Waals surface area contributed by atoms with E-state index >= 15 is 0 Å². The van der Waals surface area contributed by atoms with Crippen molar-refractivity contribution in [2.24, 2.45) is 0 Å². The molecule has 0 aliphatic carbocycles. The lowest BCUT2D eigenvalue weighted by atomic mass is 10.1. The van der Waals surface area contributed by atoms with Crippen LogP contribution in [0.25, 0.3) is 5.69 Å². The zero-order valence-corrected chi connectivity index (χ0v) is 15.5. The summed E-state index contributed by atoms with van der Waals surface area (Å²) in [6.45, 7) is 6.23. The molecule has 2 heterocycles. The Labute approximate surface area is 151 Å². The fourth-order valence-electron chi connectivity index (χ4n) is 2.55. The first kappa shape index (κ1) is 17.4. The Kier molecular flexibility index (Phi) is 4.99. The van der Waals surface area contributed by atoms with Crippen LogP contribution in [0.15, 0.2) is 52.3 Å². The Morgan fingerprint density at radius 1 is 1.28 bits per heavy atom. The van der Waals surface area contributed by atoms with Crippen molar-refractivity contribution >= 4 is 17.7 Å². The van der Waals surface area contributed by atoms with E-state index in [9.17, 15) is 4.79 Å². The molecule has 0 spiro atoms. The molecule has 0 saturated carbocycles. The molecule has 0 bridgehead atoms. The number of furan rings is 1. The van der Waals surface area contributed by atoms with E-state index in [0.717, 1.165) is 10.8 Å². The molecule has 0 amide bonds. The molecule has 0 aliphatic heterocycles. The molecule has 25 heavy (non-hydrogen) atoms. The van der Waals surface area contributed by atoms with Crippen molar-refractivity contribution in [2.75, 3.05) is 7.11 Å². The minimum absolute atomic E-state index is 0.00433. The average molecular weight is 356 g/mol. The van der Waals surface area contributed by atoms with E-state index in [0.29, 0.717) is 5.76 Å². The highest BCUT2D eigenvalue weighted by Crippen LogP contribution is 2.36. The number of nitrogens with zero attached hydrogens (tertiary/aromatic N) is 2. The number of aromatic nitrogens is 2. The van der Waals surface area contributed by atoms with Crippen LogP contribution in [0.2, 0.25) is 0 Å². The average Bonchev–Trinajstić information content (AvgIpc) is 3.26. The fraction of sp³-hybridized carbons (Fsp3) is 0.263. The lowest BCUT2D eigenvalue weighted by Crippen LogP contribution is -2.00. The largest absolute Gasteiger partial charge is 0.463 e. The topological polar surface area (TPSA) is 57.3 Å². The standard InChI is InChI=1S/C19H20N2O3S/c1-12-6-5-7-15(13(12)2)21-11-10-20-19(21)25-14(3)16-8-9-17(24-16)18(22)23-4/h5-11,14H,1-4H3. The summed E-state index contributed by atoms with van der Waals surface area (Å²) in [5, 5.41) is 0.877. The quantitative estimate of drug-likeness (QED) is 0.489. The Hall–Kier alpha value is -2.47. The summed E-state index contributed by atoms with van der Waals surface area (Å²) in [4.78, 5) is 16.0. The molecule has 1 atom stereocenters. The number of carbonyl (C=O) groups is 1. The molecule has 1 unspecified atom stereocenters. The summed E-state index contributed by atoms with van der Waals surface area (Å²) in [5.74, 6) is 0.448. The normalized spacial score (nSPS) is 12.2. The zero-order chi connectivity index (χ0) is 18.0. The molecule has 130 valence electrons. The Morgan fingerprint density at radius 3 is 2.84 bits per heavy atom. The van der Waals surface area contributed by atoms with Gasteiger partial charge in [-0.25, -0.2) is 9.78 Å². The van der Waals surface area contributed by atoms with Gasteiger partial charge in [0.25, 0.3) is 0 Å². The van der Waals surface area contributed by atoms with E-state index in [1.54, 1.807) is 30.1 Å². The number of benzene rings is 1. The summed E-state index contributed by atoms with van der Waals surface area (Å²) in [6.07, 6.45) is 3.75. The van der Waals surface area contributed by atoms with Gasteiger partial charge in [-0.15, -0.1) is 0 Å². The van der Waals surface area contributed by atoms with Gasteiger partial charge in [0.05, 0.1) is 18.0 Å². The van der Waals surface area contributed by atoms with Gasteiger partial charge in [0.1, 0.15) is 5.76 Å². The maximum Gasteiger partial charge on any atom is 0.373 e. The molecule has 0 saturated heterocycles. The predicted octanol–water partition coefficient (Wildman–Crippen LogP) is 4.72. The van der Waals surface area contributed by atoms with Crippen LogP contribution in [0.3, 0.4) is 0 Å². The van der Waals surface area contributed by atoms with Crippen molar-refractivity contribution in [1.82, 2.24) is 9.55 Å². The van der Waals surface area contributed by atoms with Crippen molar-refractivity contribution in [3.8, 4) is 5.69 Å². The monoisotopic (exact) mass is 356 g/mol. The summed E-state index contributed by atoms with van der Waals surface area (Å²) in [7, 11) is 1.34. The van der Waals surface area contributed by atoms with E-state index < -0.39 is 5.97 Å². The Morgan fingerprint density at radius 2 is 2.08 bits per heavy atom. The van der Waals surface area contributed by atoms with Crippen LogP contribution in [0.4, 0.5) is 0 Å². The second-order valence-electron chi connectivity index (χ2n) is 5.75. The molecule has 0 fully saturated rings. The van der Waals surface area contributed by atoms with Crippen LogP contribution in [-0.4, -0.2) is 22.6 Å². The number of esters is 1. The van der Waals surface area contributed by atoms with Crippen molar-refractivity contribution < 1.29 is 13.9 Å². The molecule has 2 aromatic heterocycles. The summed E-state index contributed by atoms with van der Waals surface area (Å²) in [6, 6.07) is 9.67. The summed E-state index contributed by atoms with van der Waals surface area (Å²) in [5.41, 5.74) is 3.58. The van der Waals surface area contributed by atoms with E-state index in [-0.39, 0.29) is 11.0 Å². The second-order valence-corrected chi connectivity index (χ2v) is 7.06. The first-order chi connectivity index (χ1) is 12.0. The molecule has 5 nitrogen and oxygen atoms in total. The molecule has 3 aromatic rings. The zero-order valence-electron chi connectivity index (χ0n) is 14.6. The van der Waals surface area contributed by atoms with Crippen molar-refractivity contribution in [1.29, 1.82) is 0 Å². The Balaban J connectivity index is 1.85. The van der Waals surface area contributed by atoms with Crippen LogP contribution in [-0.2, 0) is 4.74 Å². The molecule has 6 heteroatoms. The van der Waals surface area contributed by atoms with Gasteiger partial charge < -0.3 is 9.15 Å². The minimum Gasteiger partial charge on any atom is -0.463 e. The number of hydrogen-bond acceptors (Lipinski definition) is 5.